The number of nitrogens with zero attached hydrogens (tertiary/aromatic N) is 5. The number of piperidine rings is 1. The summed E-state index contributed by atoms with van der Waals surface area (Å²) < 4.78 is 0. The largest absolute Gasteiger partial charge is 0.342 e. The second-order valence-electron chi connectivity index (χ2n) is 8.81. The van der Waals surface area contributed by atoms with E-state index in [2.05, 4.69) is 15.0 Å². The van der Waals surface area contributed by atoms with Crippen LogP contribution in [0.3, 0.4) is 0 Å². The van der Waals surface area contributed by atoms with Crippen molar-refractivity contribution in [2.75, 3.05) is 13.1 Å². The van der Waals surface area contributed by atoms with Crippen LogP contribution in [0.5, 0.6) is 0 Å². The lowest BCUT2D eigenvalue weighted by molar-refractivity contribution is -0.140. The predicted molar refractivity (Wildman–Crippen MR) is 117 cm³/mol. The minimum atomic E-state index is -0.387. The summed E-state index contributed by atoms with van der Waals surface area (Å²) in [7, 11) is 0. The number of carbonyl (C=O) groups is 1. The van der Waals surface area contributed by atoms with Gasteiger partial charge in [0.15, 0.2) is 5.82 Å². The van der Waals surface area contributed by atoms with Crippen molar-refractivity contribution >= 4 is 5.91 Å². The van der Waals surface area contributed by atoms with Crippen LogP contribution in [0.1, 0.15) is 45.2 Å². The van der Waals surface area contributed by atoms with Crippen LogP contribution in [0.4, 0.5) is 0 Å². The van der Waals surface area contributed by atoms with Gasteiger partial charge in [0.1, 0.15) is 0 Å². The predicted octanol–water partition coefficient (Wildman–Crippen LogP) is 4.35. The molecule has 154 valence electrons. The number of hydrogen-bond acceptors (Lipinski definition) is 5. The maximum absolute atomic E-state index is 12.9. The number of aromatic nitrogens is 4. The first-order valence-electron chi connectivity index (χ1n) is 10.4. The molecule has 6 nitrogen and oxygen atoms in total. The summed E-state index contributed by atoms with van der Waals surface area (Å²) >= 11 is 0. The van der Waals surface area contributed by atoms with E-state index in [0.717, 1.165) is 41.8 Å². The van der Waals surface area contributed by atoms with Crippen LogP contribution in [-0.2, 0) is 4.79 Å². The van der Waals surface area contributed by atoms with Crippen molar-refractivity contribution < 1.29 is 4.79 Å². The molecule has 0 aliphatic carbocycles. The number of carbonyl (C=O) groups excluding carboxylic acids is 1. The van der Waals surface area contributed by atoms with Gasteiger partial charge in [-0.3, -0.25) is 14.8 Å². The first kappa shape index (κ1) is 20.1. The molecule has 0 saturated carbocycles. The van der Waals surface area contributed by atoms with Gasteiger partial charge >= 0.3 is 0 Å². The molecule has 1 aliphatic rings. The minimum Gasteiger partial charge on any atom is -0.342 e. The summed E-state index contributed by atoms with van der Waals surface area (Å²) in [6.45, 7) is 7.42. The van der Waals surface area contributed by atoms with E-state index in [1.807, 2.05) is 56.1 Å². The van der Waals surface area contributed by atoms with E-state index in [1.165, 1.54) is 0 Å². The summed E-state index contributed by atoms with van der Waals surface area (Å²) in [4.78, 5) is 32.9. The van der Waals surface area contributed by atoms with E-state index >= 15 is 0 Å². The lowest BCUT2D eigenvalue weighted by Gasteiger charge is -2.36. The van der Waals surface area contributed by atoms with Gasteiger partial charge in [-0.1, -0.05) is 20.8 Å². The summed E-state index contributed by atoms with van der Waals surface area (Å²) in [5.41, 5.74) is 3.53. The van der Waals surface area contributed by atoms with Gasteiger partial charge in [-0.05, 0) is 42.7 Å². The van der Waals surface area contributed by atoms with Gasteiger partial charge in [0, 0.05) is 66.5 Å². The highest BCUT2D eigenvalue weighted by Crippen LogP contribution is 2.35. The topological polar surface area (TPSA) is 71.9 Å². The molecule has 1 unspecified atom stereocenters. The van der Waals surface area contributed by atoms with E-state index in [0.29, 0.717) is 12.4 Å². The van der Waals surface area contributed by atoms with Crippen LogP contribution < -0.4 is 0 Å². The lowest BCUT2D eigenvalue weighted by Crippen LogP contribution is -2.44. The fourth-order valence-corrected chi connectivity index (χ4v) is 3.95. The van der Waals surface area contributed by atoms with Gasteiger partial charge in [-0.25, -0.2) is 9.97 Å². The molecule has 0 aromatic carbocycles. The van der Waals surface area contributed by atoms with Crippen LogP contribution in [0.25, 0.3) is 22.5 Å². The number of likely N-dealkylation sites (tertiary alicyclic amines) is 1. The zero-order valence-corrected chi connectivity index (χ0v) is 17.7. The summed E-state index contributed by atoms with van der Waals surface area (Å²) in [5.74, 6) is 1.01. The van der Waals surface area contributed by atoms with Crippen LogP contribution in [0.15, 0.2) is 55.2 Å². The van der Waals surface area contributed by atoms with Gasteiger partial charge in [0.05, 0.1) is 5.69 Å². The molecule has 4 rings (SSSR count). The average Bonchev–Trinajstić information content (AvgIpc) is 2.79. The second-order valence-corrected chi connectivity index (χ2v) is 8.81. The molecule has 0 N–H and O–H groups in total. The van der Waals surface area contributed by atoms with E-state index in [-0.39, 0.29) is 17.2 Å². The van der Waals surface area contributed by atoms with Crippen LogP contribution in [0.2, 0.25) is 0 Å². The molecule has 4 heterocycles. The summed E-state index contributed by atoms with van der Waals surface area (Å²) in [5, 5.41) is 0. The molecule has 0 bridgehead atoms. The van der Waals surface area contributed by atoms with E-state index < -0.39 is 0 Å². The fourth-order valence-electron chi connectivity index (χ4n) is 3.95. The molecule has 6 heteroatoms. The molecule has 3 aromatic rings. The fraction of sp³-hybridized carbons (Fsp3) is 0.375. The Morgan fingerprint density at radius 3 is 2.53 bits per heavy atom. The third kappa shape index (κ3) is 4.22. The van der Waals surface area contributed by atoms with Gasteiger partial charge in [-0.15, -0.1) is 0 Å². The third-order valence-corrected chi connectivity index (χ3v) is 5.47. The van der Waals surface area contributed by atoms with Gasteiger partial charge in [0.2, 0.25) is 5.91 Å². The molecule has 0 radical (unpaired) electrons. The Morgan fingerprint density at radius 2 is 1.83 bits per heavy atom. The number of rotatable bonds is 3. The molecule has 1 amide bonds. The Balaban J connectivity index is 1.75. The van der Waals surface area contributed by atoms with Crippen LogP contribution >= 0.6 is 0 Å². The second kappa shape index (κ2) is 8.30. The molecule has 1 saturated heterocycles. The first-order chi connectivity index (χ1) is 14.4. The van der Waals surface area contributed by atoms with Crippen molar-refractivity contribution in [2.45, 2.75) is 39.5 Å². The summed E-state index contributed by atoms with van der Waals surface area (Å²) in [6, 6.07) is 7.81. The SMILES string of the molecule is CC(C)(C)C(=O)N1CCCC(c2nc(-c3cccnc3)ncc2-c2ccncc2)C1. The Bertz CT molecular complexity index is 1010. The molecule has 1 atom stereocenters. The Kier molecular flexibility index (Phi) is 5.57. The highest BCUT2D eigenvalue weighted by molar-refractivity contribution is 5.81. The zero-order valence-electron chi connectivity index (χ0n) is 17.7. The highest BCUT2D eigenvalue weighted by Gasteiger charge is 2.33. The standard InChI is InChI=1S/C24H27N5O/c1-24(2,3)23(30)29-13-5-7-19(16-29)21-20(17-8-11-25-12-9-17)15-27-22(28-21)18-6-4-10-26-14-18/h4,6,8-12,14-15,19H,5,7,13,16H2,1-3H3. The third-order valence-electron chi connectivity index (χ3n) is 5.47. The smallest absolute Gasteiger partial charge is 0.227 e. The van der Waals surface area contributed by atoms with Crippen molar-refractivity contribution in [1.82, 2.24) is 24.8 Å². The van der Waals surface area contributed by atoms with Gasteiger partial charge in [-0.2, -0.15) is 0 Å². The average molecular weight is 402 g/mol. The van der Waals surface area contributed by atoms with E-state index in [1.54, 1.807) is 24.8 Å². The molecule has 1 fully saturated rings. The van der Waals surface area contributed by atoms with Crippen molar-refractivity contribution in [3.63, 3.8) is 0 Å². The van der Waals surface area contributed by atoms with Crippen molar-refractivity contribution in [3.8, 4) is 22.5 Å². The van der Waals surface area contributed by atoms with Crippen molar-refractivity contribution in [2.24, 2.45) is 5.41 Å². The van der Waals surface area contributed by atoms with Gasteiger partial charge < -0.3 is 4.90 Å². The number of pyridine rings is 2. The Hall–Kier alpha value is -3.15. The van der Waals surface area contributed by atoms with Crippen LogP contribution in [-0.4, -0.2) is 43.8 Å². The van der Waals surface area contributed by atoms with E-state index in [9.17, 15) is 4.79 Å². The summed E-state index contributed by atoms with van der Waals surface area (Å²) in [6.07, 6.45) is 10.9. The highest BCUT2D eigenvalue weighted by atomic mass is 16.2. The maximum atomic E-state index is 12.9. The molecule has 3 aromatic heterocycles. The Labute approximate surface area is 177 Å². The normalized spacial score (nSPS) is 17.0. The van der Waals surface area contributed by atoms with Crippen LogP contribution in [0, 0.1) is 5.41 Å². The minimum absolute atomic E-state index is 0.159. The molecule has 30 heavy (non-hydrogen) atoms. The first-order valence-corrected chi connectivity index (χ1v) is 10.4. The number of amides is 1. The zero-order chi connectivity index (χ0) is 21.1. The maximum Gasteiger partial charge on any atom is 0.227 e. The van der Waals surface area contributed by atoms with Crippen molar-refractivity contribution in [3.05, 3.63) is 60.9 Å². The molecule has 0 spiro atoms. The monoisotopic (exact) mass is 401 g/mol. The molecular weight excluding hydrogens is 374 g/mol. The Morgan fingerprint density at radius 1 is 1.03 bits per heavy atom. The van der Waals surface area contributed by atoms with E-state index in [4.69, 9.17) is 4.98 Å². The molecule has 1 aliphatic heterocycles. The van der Waals surface area contributed by atoms with Crippen molar-refractivity contribution in [1.29, 1.82) is 0 Å². The van der Waals surface area contributed by atoms with Gasteiger partial charge in [0.25, 0.3) is 0 Å². The number of hydrogen-bond donors (Lipinski definition) is 0. The molecular formula is C24H27N5O. The lowest BCUT2D eigenvalue weighted by atomic mass is 9.87. The quantitative estimate of drug-likeness (QED) is 0.652.